The second-order valence-electron chi connectivity index (χ2n) is 5.76. The summed E-state index contributed by atoms with van der Waals surface area (Å²) in [6.07, 6.45) is 1.98. The van der Waals surface area contributed by atoms with E-state index >= 15 is 0 Å². The van der Waals surface area contributed by atoms with Crippen molar-refractivity contribution in [3.63, 3.8) is 0 Å². The lowest BCUT2D eigenvalue weighted by molar-refractivity contribution is -0.136. The Morgan fingerprint density at radius 1 is 0.958 bits per heavy atom. The molecule has 2 aliphatic rings. The van der Waals surface area contributed by atoms with Crippen LogP contribution in [0.1, 0.15) is 33.6 Å². The molecule has 7 heteroatoms. The molecular weight excluding hydrogens is 310 g/mol. The van der Waals surface area contributed by atoms with Gasteiger partial charge in [-0.1, -0.05) is 12.1 Å². The van der Waals surface area contributed by atoms with Crippen molar-refractivity contribution in [1.29, 1.82) is 0 Å². The highest BCUT2D eigenvalue weighted by molar-refractivity contribution is 6.25. The number of aromatic nitrogens is 1. The van der Waals surface area contributed by atoms with E-state index < -0.39 is 23.8 Å². The van der Waals surface area contributed by atoms with Crippen LogP contribution in [0.3, 0.4) is 0 Å². The van der Waals surface area contributed by atoms with Gasteiger partial charge < -0.3 is 4.98 Å². The van der Waals surface area contributed by atoms with E-state index in [-0.39, 0.29) is 29.9 Å². The molecule has 1 aromatic carbocycles. The van der Waals surface area contributed by atoms with Gasteiger partial charge in [0.25, 0.3) is 11.8 Å². The SMILES string of the molecule is O=C1CCC(N2C(=O)c3cccc(-c4ccc[nH]4)c3C2=O)C(=O)N1. The van der Waals surface area contributed by atoms with Gasteiger partial charge in [0, 0.05) is 23.9 Å². The van der Waals surface area contributed by atoms with E-state index in [0.717, 1.165) is 10.6 Å². The van der Waals surface area contributed by atoms with Gasteiger partial charge >= 0.3 is 0 Å². The highest BCUT2D eigenvalue weighted by Gasteiger charge is 2.45. The number of carbonyl (C=O) groups excluding carboxylic acids is 4. The van der Waals surface area contributed by atoms with Crippen LogP contribution in [0.25, 0.3) is 11.3 Å². The number of aromatic amines is 1. The average molecular weight is 323 g/mol. The first-order valence-electron chi connectivity index (χ1n) is 7.56. The Balaban J connectivity index is 1.78. The number of carbonyl (C=O) groups is 4. The zero-order valence-corrected chi connectivity index (χ0v) is 12.5. The van der Waals surface area contributed by atoms with Crippen LogP contribution in [0.2, 0.25) is 0 Å². The molecule has 4 rings (SSSR count). The third-order valence-corrected chi connectivity index (χ3v) is 4.36. The quantitative estimate of drug-likeness (QED) is 0.808. The summed E-state index contributed by atoms with van der Waals surface area (Å²) in [5.41, 5.74) is 1.90. The minimum atomic E-state index is -0.952. The molecule has 24 heavy (non-hydrogen) atoms. The van der Waals surface area contributed by atoms with Crippen molar-refractivity contribution in [2.45, 2.75) is 18.9 Å². The van der Waals surface area contributed by atoms with E-state index in [0.29, 0.717) is 5.56 Å². The van der Waals surface area contributed by atoms with Crippen molar-refractivity contribution in [2.75, 3.05) is 0 Å². The van der Waals surface area contributed by atoms with Crippen LogP contribution in [0.5, 0.6) is 0 Å². The number of hydrogen-bond donors (Lipinski definition) is 2. The lowest BCUT2D eigenvalue weighted by atomic mass is 10.0. The van der Waals surface area contributed by atoms with Crippen LogP contribution in [0, 0.1) is 0 Å². The highest BCUT2D eigenvalue weighted by atomic mass is 16.2. The maximum atomic E-state index is 12.9. The van der Waals surface area contributed by atoms with E-state index in [9.17, 15) is 19.2 Å². The number of H-pyrrole nitrogens is 1. The van der Waals surface area contributed by atoms with E-state index in [1.54, 1.807) is 30.5 Å². The maximum Gasteiger partial charge on any atom is 0.262 e. The van der Waals surface area contributed by atoms with Gasteiger partial charge in [0.1, 0.15) is 6.04 Å². The van der Waals surface area contributed by atoms with Gasteiger partial charge in [-0.05, 0) is 24.6 Å². The second kappa shape index (κ2) is 5.16. The van der Waals surface area contributed by atoms with E-state index in [2.05, 4.69) is 10.3 Å². The molecule has 0 bridgehead atoms. The Hall–Kier alpha value is -3.22. The Labute approximate surface area is 136 Å². The van der Waals surface area contributed by atoms with Gasteiger partial charge in [-0.3, -0.25) is 29.4 Å². The third kappa shape index (κ3) is 1.98. The Bertz CT molecular complexity index is 885. The Kier molecular flexibility index (Phi) is 3.09. The zero-order valence-electron chi connectivity index (χ0n) is 12.5. The monoisotopic (exact) mass is 323 g/mol. The summed E-state index contributed by atoms with van der Waals surface area (Å²) in [6.45, 7) is 0. The Morgan fingerprint density at radius 2 is 1.75 bits per heavy atom. The molecule has 1 aromatic heterocycles. The van der Waals surface area contributed by atoms with Crippen LogP contribution < -0.4 is 5.32 Å². The number of rotatable bonds is 2. The number of imide groups is 2. The summed E-state index contributed by atoms with van der Waals surface area (Å²) >= 11 is 0. The van der Waals surface area contributed by atoms with Gasteiger partial charge in [-0.2, -0.15) is 0 Å². The molecule has 3 heterocycles. The molecule has 120 valence electrons. The molecule has 2 aromatic rings. The molecule has 7 nitrogen and oxygen atoms in total. The second-order valence-corrected chi connectivity index (χ2v) is 5.76. The van der Waals surface area contributed by atoms with Crippen molar-refractivity contribution in [3.8, 4) is 11.3 Å². The molecule has 4 amide bonds. The molecule has 0 spiro atoms. The number of amides is 4. The smallest absolute Gasteiger partial charge is 0.262 e. The normalized spacial score (nSPS) is 20.3. The number of fused-ring (bicyclic) bond motifs is 1. The van der Waals surface area contributed by atoms with Gasteiger partial charge in [0.05, 0.1) is 11.1 Å². The van der Waals surface area contributed by atoms with Crippen molar-refractivity contribution >= 4 is 23.6 Å². The average Bonchev–Trinajstić information content (AvgIpc) is 3.17. The number of nitrogens with zero attached hydrogens (tertiary/aromatic N) is 1. The lowest BCUT2D eigenvalue weighted by Gasteiger charge is -2.27. The summed E-state index contributed by atoms with van der Waals surface area (Å²) in [7, 11) is 0. The molecule has 1 atom stereocenters. The predicted octanol–water partition coefficient (Wildman–Crippen LogP) is 1.08. The van der Waals surface area contributed by atoms with Crippen LogP contribution in [-0.2, 0) is 9.59 Å². The molecule has 2 aliphatic heterocycles. The first kappa shape index (κ1) is 14.4. The Morgan fingerprint density at radius 3 is 2.46 bits per heavy atom. The van der Waals surface area contributed by atoms with Crippen molar-refractivity contribution in [3.05, 3.63) is 47.7 Å². The first-order chi connectivity index (χ1) is 11.6. The summed E-state index contributed by atoms with van der Waals surface area (Å²) in [5.74, 6) is -2.00. The predicted molar refractivity (Wildman–Crippen MR) is 82.9 cm³/mol. The van der Waals surface area contributed by atoms with Crippen molar-refractivity contribution in [2.24, 2.45) is 0 Å². The lowest BCUT2D eigenvalue weighted by Crippen LogP contribution is -2.54. The fourth-order valence-electron chi connectivity index (χ4n) is 3.24. The van der Waals surface area contributed by atoms with Gasteiger partial charge in [0.15, 0.2) is 0 Å². The summed E-state index contributed by atoms with van der Waals surface area (Å²) < 4.78 is 0. The van der Waals surface area contributed by atoms with Gasteiger partial charge in [0.2, 0.25) is 11.8 Å². The van der Waals surface area contributed by atoms with Gasteiger partial charge in [-0.25, -0.2) is 0 Å². The number of nitrogens with one attached hydrogen (secondary N) is 2. The highest BCUT2D eigenvalue weighted by Crippen LogP contribution is 2.34. The standard InChI is InChI=1S/C17H13N3O4/c21-13-7-6-12(15(22)19-13)20-16(23)10-4-1-3-9(14(10)17(20)24)11-5-2-8-18-11/h1-5,8,12,18H,6-7H2,(H,19,21,22). The van der Waals surface area contributed by atoms with Crippen LogP contribution >= 0.6 is 0 Å². The molecule has 1 unspecified atom stereocenters. The van der Waals surface area contributed by atoms with E-state index in [1.807, 2.05) is 6.07 Å². The zero-order chi connectivity index (χ0) is 16.8. The molecule has 2 N–H and O–H groups in total. The maximum absolute atomic E-state index is 12.9. The summed E-state index contributed by atoms with van der Waals surface area (Å²) in [6, 6.07) is 7.69. The van der Waals surface area contributed by atoms with Crippen LogP contribution in [-0.4, -0.2) is 39.6 Å². The number of benzene rings is 1. The number of piperidine rings is 1. The molecule has 1 fully saturated rings. The first-order valence-corrected chi connectivity index (χ1v) is 7.56. The van der Waals surface area contributed by atoms with E-state index in [4.69, 9.17) is 0 Å². The molecular formula is C17H13N3O4. The van der Waals surface area contributed by atoms with Crippen LogP contribution in [0.4, 0.5) is 0 Å². The summed E-state index contributed by atoms with van der Waals surface area (Å²) in [5, 5.41) is 2.19. The minimum absolute atomic E-state index is 0.104. The fourth-order valence-corrected chi connectivity index (χ4v) is 3.24. The van der Waals surface area contributed by atoms with Crippen molar-refractivity contribution < 1.29 is 19.2 Å². The van der Waals surface area contributed by atoms with Crippen LogP contribution in [0.15, 0.2) is 36.5 Å². The summed E-state index contributed by atoms with van der Waals surface area (Å²) in [4.78, 5) is 52.9. The third-order valence-electron chi connectivity index (χ3n) is 4.36. The molecule has 1 saturated heterocycles. The molecule has 0 radical (unpaired) electrons. The minimum Gasteiger partial charge on any atom is -0.361 e. The number of hydrogen-bond acceptors (Lipinski definition) is 4. The van der Waals surface area contributed by atoms with Crippen molar-refractivity contribution in [1.82, 2.24) is 15.2 Å². The molecule has 0 saturated carbocycles. The molecule has 0 aliphatic carbocycles. The largest absolute Gasteiger partial charge is 0.361 e. The fraction of sp³-hybridized carbons (Fsp3) is 0.176. The topological polar surface area (TPSA) is 99.3 Å². The van der Waals surface area contributed by atoms with E-state index in [1.165, 1.54) is 0 Å². The van der Waals surface area contributed by atoms with Gasteiger partial charge in [-0.15, -0.1) is 0 Å².